The number of imidazole rings is 1. The van der Waals surface area contributed by atoms with Crippen LogP contribution in [0.2, 0.25) is 0 Å². The van der Waals surface area contributed by atoms with Gasteiger partial charge in [0.1, 0.15) is 0 Å². The molecule has 5 nitrogen and oxygen atoms in total. The van der Waals surface area contributed by atoms with Crippen molar-refractivity contribution >= 4 is 21.1 Å². The molecule has 0 aliphatic heterocycles. The van der Waals surface area contributed by atoms with Gasteiger partial charge in [0, 0.05) is 13.1 Å². The summed E-state index contributed by atoms with van der Waals surface area (Å²) < 4.78 is 29.3. The lowest BCUT2D eigenvalue weighted by Crippen LogP contribution is -2.27. The minimum absolute atomic E-state index is 0.302. The van der Waals surface area contributed by atoms with Crippen LogP contribution >= 0.6 is 0 Å². The second-order valence-corrected chi connectivity index (χ2v) is 7.34. The molecule has 120 valence electrons. The quantitative estimate of drug-likeness (QED) is 0.782. The number of nitrogens with one attached hydrogen (secondary N) is 1. The number of hydrogen-bond acceptors (Lipinski definition) is 3. The molecule has 23 heavy (non-hydrogen) atoms. The second kappa shape index (κ2) is 6.14. The summed E-state index contributed by atoms with van der Waals surface area (Å²) in [6.45, 7) is 4.72. The van der Waals surface area contributed by atoms with Crippen LogP contribution in [-0.4, -0.2) is 24.5 Å². The monoisotopic (exact) mass is 329 g/mol. The lowest BCUT2D eigenvalue weighted by molar-refractivity contribution is 0.574. The molecule has 0 aliphatic rings. The van der Waals surface area contributed by atoms with Crippen molar-refractivity contribution in [3.05, 3.63) is 59.9 Å². The van der Waals surface area contributed by atoms with E-state index >= 15 is 0 Å². The number of nitrogens with zero attached hydrogens (tertiary/aromatic N) is 2. The number of aryl methyl sites for hydroxylation is 2. The van der Waals surface area contributed by atoms with Crippen LogP contribution < -0.4 is 4.72 Å². The summed E-state index contributed by atoms with van der Waals surface area (Å²) in [6, 6.07) is 12.9. The largest absolute Gasteiger partial charge is 0.329 e. The molecule has 0 fully saturated rings. The van der Waals surface area contributed by atoms with Crippen LogP contribution in [0, 0.1) is 13.8 Å². The van der Waals surface area contributed by atoms with Gasteiger partial charge in [-0.15, -0.1) is 0 Å². The molecule has 0 saturated heterocycles. The fourth-order valence-corrected chi connectivity index (χ4v) is 3.56. The van der Waals surface area contributed by atoms with Crippen molar-refractivity contribution in [2.24, 2.45) is 0 Å². The Kier molecular flexibility index (Phi) is 4.19. The molecule has 0 saturated carbocycles. The molecular formula is C17H19N3O2S. The molecule has 3 aromatic rings. The fourth-order valence-electron chi connectivity index (χ4n) is 2.45. The lowest BCUT2D eigenvalue weighted by atomic mass is 10.1. The summed E-state index contributed by atoms with van der Waals surface area (Å²) in [5, 5.41) is 0. The van der Waals surface area contributed by atoms with Gasteiger partial charge in [-0.05, 0) is 49.2 Å². The third kappa shape index (κ3) is 3.28. The fraction of sp³-hybridized carbons (Fsp3) is 0.235. The number of hydrogen-bond donors (Lipinski definition) is 1. The molecular weight excluding hydrogens is 310 g/mol. The van der Waals surface area contributed by atoms with E-state index in [-0.39, 0.29) is 0 Å². The summed E-state index contributed by atoms with van der Waals surface area (Å²) >= 11 is 0. The molecule has 0 unspecified atom stereocenters. The van der Waals surface area contributed by atoms with Gasteiger partial charge >= 0.3 is 0 Å². The highest BCUT2D eigenvalue weighted by Gasteiger charge is 2.14. The minimum atomic E-state index is -3.49. The molecule has 2 aromatic carbocycles. The van der Waals surface area contributed by atoms with Crippen molar-refractivity contribution in [3.63, 3.8) is 0 Å². The van der Waals surface area contributed by atoms with Crippen LogP contribution in [-0.2, 0) is 16.6 Å². The van der Waals surface area contributed by atoms with Gasteiger partial charge in [0.05, 0.1) is 22.3 Å². The molecule has 0 atom stereocenters. The van der Waals surface area contributed by atoms with Crippen LogP contribution in [0.15, 0.2) is 53.7 Å². The SMILES string of the molecule is Cc1ccc(S(=O)(=O)NCCn2cnc3ccccc32)cc1C. The van der Waals surface area contributed by atoms with E-state index in [9.17, 15) is 8.42 Å². The van der Waals surface area contributed by atoms with Gasteiger partial charge in [-0.1, -0.05) is 18.2 Å². The average Bonchev–Trinajstić information content (AvgIpc) is 2.93. The van der Waals surface area contributed by atoms with Gasteiger partial charge in [-0.3, -0.25) is 0 Å². The van der Waals surface area contributed by atoms with Gasteiger partial charge < -0.3 is 4.57 Å². The Bertz CT molecular complexity index is 945. The van der Waals surface area contributed by atoms with Crippen LogP contribution in [0.4, 0.5) is 0 Å². The Morgan fingerprint density at radius 3 is 2.65 bits per heavy atom. The molecule has 0 aliphatic carbocycles. The van der Waals surface area contributed by atoms with Gasteiger partial charge in [0.15, 0.2) is 0 Å². The van der Waals surface area contributed by atoms with Gasteiger partial charge in [0.2, 0.25) is 10.0 Å². The van der Waals surface area contributed by atoms with Crippen molar-refractivity contribution in [2.75, 3.05) is 6.54 Å². The van der Waals surface area contributed by atoms with E-state index in [0.29, 0.717) is 18.0 Å². The lowest BCUT2D eigenvalue weighted by Gasteiger charge is -2.09. The maximum absolute atomic E-state index is 12.4. The van der Waals surface area contributed by atoms with E-state index in [1.165, 1.54) is 0 Å². The van der Waals surface area contributed by atoms with Crippen molar-refractivity contribution in [2.45, 2.75) is 25.3 Å². The topological polar surface area (TPSA) is 64.0 Å². The first-order valence-electron chi connectivity index (χ1n) is 7.44. The van der Waals surface area contributed by atoms with E-state index in [1.807, 2.05) is 48.7 Å². The third-order valence-electron chi connectivity index (χ3n) is 3.96. The molecule has 3 rings (SSSR count). The molecule has 0 bridgehead atoms. The number of benzene rings is 2. The molecule has 0 spiro atoms. The zero-order chi connectivity index (χ0) is 16.4. The Balaban J connectivity index is 1.71. The molecule has 0 amide bonds. The number of fused-ring (bicyclic) bond motifs is 1. The number of rotatable bonds is 5. The Labute approximate surface area is 136 Å². The van der Waals surface area contributed by atoms with E-state index < -0.39 is 10.0 Å². The minimum Gasteiger partial charge on any atom is -0.329 e. The van der Waals surface area contributed by atoms with Crippen LogP contribution in [0.5, 0.6) is 0 Å². The maximum atomic E-state index is 12.4. The highest BCUT2D eigenvalue weighted by molar-refractivity contribution is 7.89. The van der Waals surface area contributed by atoms with Gasteiger partial charge in [-0.2, -0.15) is 0 Å². The van der Waals surface area contributed by atoms with E-state index in [2.05, 4.69) is 9.71 Å². The van der Waals surface area contributed by atoms with E-state index in [4.69, 9.17) is 0 Å². The van der Waals surface area contributed by atoms with E-state index in [1.54, 1.807) is 18.5 Å². The summed E-state index contributed by atoms with van der Waals surface area (Å²) in [5.74, 6) is 0. The van der Waals surface area contributed by atoms with Crippen LogP contribution in [0.25, 0.3) is 11.0 Å². The van der Waals surface area contributed by atoms with Crippen molar-refractivity contribution < 1.29 is 8.42 Å². The second-order valence-electron chi connectivity index (χ2n) is 5.57. The number of para-hydroxylation sites is 2. The standard InChI is InChI=1S/C17H19N3O2S/c1-13-7-8-15(11-14(13)2)23(21,22)19-9-10-20-12-18-16-5-3-4-6-17(16)20/h3-8,11-12,19H,9-10H2,1-2H3. The summed E-state index contributed by atoms with van der Waals surface area (Å²) in [7, 11) is -3.49. The predicted octanol–water partition coefficient (Wildman–Crippen LogP) is 2.63. The summed E-state index contributed by atoms with van der Waals surface area (Å²) in [4.78, 5) is 4.60. The zero-order valence-corrected chi connectivity index (χ0v) is 14.0. The first kappa shape index (κ1) is 15.7. The highest BCUT2D eigenvalue weighted by Crippen LogP contribution is 2.15. The number of sulfonamides is 1. The first-order chi connectivity index (χ1) is 11.0. The van der Waals surface area contributed by atoms with E-state index in [0.717, 1.165) is 22.2 Å². The van der Waals surface area contributed by atoms with Gasteiger partial charge in [-0.25, -0.2) is 18.1 Å². The zero-order valence-electron chi connectivity index (χ0n) is 13.2. The molecule has 6 heteroatoms. The molecule has 0 radical (unpaired) electrons. The average molecular weight is 329 g/mol. The smallest absolute Gasteiger partial charge is 0.240 e. The maximum Gasteiger partial charge on any atom is 0.240 e. The van der Waals surface area contributed by atoms with Crippen molar-refractivity contribution in [1.29, 1.82) is 0 Å². The molecule has 1 heterocycles. The predicted molar refractivity (Wildman–Crippen MR) is 90.8 cm³/mol. The summed E-state index contributed by atoms with van der Waals surface area (Å²) in [6.07, 6.45) is 1.73. The van der Waals surface area contributed by atoms with Crippen molar-refractivity contribution in [3.8, 4) is 0 Å². The summed E-state index contributed by atoms with van der Waals surface area (Å²) in [5.41, 5.74) is 3.95. The van der Waals surface area contributed by atoms with Crippen LogP contribution in [0.3, 0.4) is 0 Å². The molecule has 1 N–H and O–H groups in total. The Hall–Kier alpha value is -2.18. The normalized spacial score (nSPS) is 11.9. The van der Waals surface area contributed by atoms with Gasteiger partial charge in [0.25, 0.3) is 0 Å². The number of aromatic nitrogens is 2. The first-order valence-corrected chi connectivity index (χ1v) is 8.92. The highest BCUT2D eigenvalue weighted by atomic mass is 32.2. The Morgan fingerprint density at radius 2 is 1.87 bits per heavy atom. The third-order valence-corrected chi connectivity index (χ3v) is 5.42. The Morgan fingerprint density at radius 1 is 1.09 bits per heavy atom. The molecule has 1 aromatic heterocycles. The van der Waals surface area contributed by atoms with Crippen LogP contribution in [0.1, 0.15) is 11.1 Å². The van der Waals surface area contributed by atoms with Crippen molar-refractivity contribution in [1.82, 2.24) is 14.3 Å².